The van der Waals surface area contributed by atoms with Crippen LogP contribution in [0.25, 0.3) is 0 Å². The number of rotatable bonds is 4. The molecule has 2 N–H and O–H groups in total. The van der Waals surface area contributed by atoms with Crippen molar-refractivity contribution in [3.05, 3.63) is 33.8 Å². The van der Waals surface area contributed by atoms with Crippen LogP contribution in [0.1, 0.15) is 30.4 Å². The molecule has 1 saturated carbocycles. The molecule has 0 saturated heterocycles. The fraction of sp³-hybridized carbons (Fsp3) is 0.538. The van der Waals surface area contributed by atoms with E-state index in [-0.39, 0.29) is 12.1 Å². The first-order valence-corrected chi connectivity index (χ1v) is 6.55. The van der Waals surface area contributed by atoms with Crippen LogP contribution in [0.3, 0.4) is 0 Å². The van der Waals surface area contributed by atoms with Gasteiger partial charge in [0, 0.05) is 16.6 Å². The third-order valence-corrected chi connectivity index (χ3v) is 4.37. The number of nitrogens with one attached hydrogen (secondary N) is 1. The van der Waals surface area contributed by atoms with E-state index in [2.05, 4.69) is 46.4 Å². The normalized spacial score (nSPS) is 18.2. The number of hydrogen-bond acceptors (Lipinski definition) is 2. The van der Waals surface area contributed by atoms with Gasteiger partial charge < -0.3 is 10.4 Å². The van der Waals surface area contributed by atoms with Crippen molar-refractivity contribution >= 4 is 15.9 Å². The maximum absolute atomic E-state index is 9.34. The lowest BCUT2D eigenvalue weighted by atomic mass is 9.77. The van der Waals surface area contributed by atoms with Crippen LogP contribution in [0.5, 0.6) is 0 Å². The molecule has 1 aliphatic carbocycles. The SMILES string of the molecule is Cc1ccc(CNC2(CO)CCC2)cc1Br. The molecule has 0 radical (unpaired) electrons. The number of aliphatic hydroxyl groups is 1. The molecule has 0 atom stereocenters. The van der Waals surface area contributed by atoms with E-state index >= 15 is 0 Å². The van der Waals surface area contributed by atoms with Gasteiger partial charge in [-0.05, 0) is 43.4 Å². The molecule has 1 aromatic carbocycles. The van der Waals surface area contributed by atoms with Gasteiger partial charge in [0.15, 0.2) is 0 Å². The van der Waals surface area contributed by atoms with Crippen LogP contribution in [0.4, 0.5) is 0 Å². The molecule has 1 aliphatic rings. The van der Waals surface area contributed by atoms with Gasteiger partial charge in [-0.25, -0.2) is 0 Å². The van der Waals surface area contributed by atoms with E-state index in [0.29, 0.717) is 0 Å². The summed E-state index contributed by atoms with van der Waals surface area (Å²) >= 11 is 3.54. The standard InChI is InChI=1S/C13H18BrNO/c1-10-3-4-11(7-12(10)14)8-15-13(9-16)5-2-6-13/h3-4,7,15-16H,2,5-6,8-9H2,1H3. The number of benzene rings is 1. The van der Waals surface area contributed by atoms with Gasteiger partial charge in [0.25, 0.3) is 0 Å². The highest BCUT2D eigenvalue weighted by molar-refractivity contribution is 9.10. The van der Waals surface area contributed by atoms with Crippen molar-refractivity contribution < 1.29 is 5.11 Å². The van der Waals surface area contributed by atoms with Gasteiger partial charge >= 0.3 is 0 Å². The van der Waals surface area contributed by atoms with E-state index in [1.807, 2.05) is 0 Å². The van der Waals surface area contributed by atoms with Gasteiger partial charge in [-0.1, -0.05) is 28.1 Å². The van der Waals surface area contributed by atoms with Crippen LogP contribution in [-0.4, -0.2) is 17.3 Å². The molecule has 0 aliphatic heterocycles. The van der Waals surface area contributed by atoms with Crippen molar-refractivity contribution in [2.45, 2.75) is 38.3 Å². The molecular formula is C13H18BrNO. The van der Waals surface area contributed by atoms with Crippen LogP contribution in [0.15, 0.2) is 22.7 Å². The summed E-state index contributed by atoms with van der Waals surface area (Å²) in [5, 5.41) is 12.8. The zero-order chi connectivity index (χ0) is 11.6. The summed E-state index contributed by atoms with van der Waals surface area (Å²) in [6.07, 6.45) is 3.41. The van der Waals surface area contributed by atoms with Crippen molar-refractivity contribution in [1.82, 2.24) is 5.32 Å². The number of halogens is 1. The monoisotopic (exact) mass is 283 g/mol. The Bertz CT molecular complexity index is 369. The summed E-state index contributed by atoms with van der Waals surface area (Å²) in [5.74, 6) is 0. The Balaban J connectivity index is 1.96. The van der Waals surface area contributed by atoms with Crippen molar-refractivity contribution in [1.29, 1.82) is 0 Å². The summed E-state index contributed by atoms with van der Waals surface area (Å²) in [4.78, 5) is 0. The quantitative estimate of drug-likeness (QED) is 0.891. The van der Waals surface area contributed by atoms with Gasteiger partial charge in [0.05, 0.1) is 6.61 Å². The van der Waals surface area contributed by atoms with Crippen molar-refractivity contribution in [3.63, 3.8) is 0 Å². The smallest absolute Gasteiger partial charge is 0.0613 e. The molecule has 0 amide bonds. The summed E-state index contributed by atoms with van der Waals surface area (Å²) in [6.45, 7) is 3.17. The predicted octanol–water partition coefficient (Wildman–Crippen LogP) is 2.76. The van der Waals surface area contributed by atoms with E-state index in [1.165, 1.54) is 17.5 Å². The Morgan fingerprint density at radius 3 is 2.69 bits per heavy atom. The van der Waals surface area contributed by atoms with E-state index < -0.39 is 0 Å². The van der Waals surface area contributed by atoms with Crippen molar-refractivity contribution in [3.8, 4) is 0 Å². The molecule has 3 heteroatoms. The first-order chi connectivity index (χ1) is 7.65. The van der Waals surface area contributed by atoms with Gasteiger partial charge in [0.1, 0.15) is 0 Å². The molecule has 0 heterocycles. The maximum Gasteiger partial charge on any atom is 0.0613 e. The summed E-state index contributed by atoms with van der Waals surface area (Å²) in [6, 6.07) is 6.40. The molecular weight excluding hydrogens is 266 g/mol. The molecule has 1 fully saturated rings. The third-order valence-electron chi connectivity index (χ3n) is 3.52. The average molecular weight is 284 g/mol. The molecule has 0 unspecified atom stereocenters. The Hall–Kier alpha value is -0.380. The summed E-state index contributed by atoms with van der Waals surface area (Å²) < 4.78 is 1.15. The largest absolute Gasteiger partial charge is 0.394 e. The van der Waals surface area contributed by atoms with Gasteiger partial charge in [-0.15, -0.1) is 0 Å². The first kappa shape index (κ1) is 12.1. The Morgan fingerprint density at radius 2 is 2.19 bits per heavy atom. The molecule has 0 spiro atoms. The Morgan fingerprint density at radius 1 is 1.44 bits per heavy atom. The maximum atomic E-state index is 9.34. The summed E-state index contributed by atoms with van der Waals surface area (Å²) in [5.41, 5.74) is 2.51. The minimum Gasteiger partial charge on any atom is -0.394 e. The van der Waals surface area contributed by atoms with Crippen LogP contribution in [0, 0.1) is 6.92 Å². The average Bonchev–Trinajstić information content (AvgIpc) is 2.22. The fourth-order valence-electron chi connectivity index (χ4n) is 2.03. The second-order valence-electron chi connectivity index (χ2n) is 4.73. The highest BCUT2D eigenvalue weighted by atomic mass is 79.9. The first-order valence-electron chi connectivity index (χ1n) is 5.76. The van der Waals surface area contributed by atoms with Gasteiger partial charge in [-0.3, -0.25) is 0 Å². The van der Waals surface area contributed by atoms with Crippen molar-refractivity contribution in [2.75, 3.05) is 6.61 Å². The molecule has 2 nitrogen and oxygen atoms in total. The minimum atomic E-state index is -0.00262. The lowest BCUT2D eigenvalue weighted by molar-refractivity contribution is 0.0872. The van der Waals surface area contributed by atoms with Crippen molar-refractivity contribution in [2.24, 2.45) is 0 Å². The zero-order valence-electron chi connectivity index (χ0n) is 9.59. The van der Waals surface area contributed by atoms with Gasteiger partial charge in [0.2, 0.25) is 0 Å². The van der Waals surface area contributed by atoms with E-state index in [0.717, 1.165) is 23.9 Å². The number of aryl methyl sites for hydroxylation is 1. The molecule has 88 valence electrons. The molecule has 0 aromatic heterocycles. The predicted molar refractivity (Wildman–Crippen MR) is 69.4 cm³/mol. The molecule has 16 heavy (non-hydrogen) atoms. The fourth-order valence-corrected chi connectivity index (χ4v) is 2.46. The molecule has 1 aromatic rings. The third kappa shape index (κ3) is 2.47. The lowest BCUT2D eigenvalue weighted by Crippen LogP contribution is -2.53. The lowest BCUT2D eigenvalue weighted by Gasteiger charge is -2.41. The Labute approximate surface area is 105 Å². The molecule has 0 bridgehead atoms. The second-order valence-corrected chi connectivity index (χ2v) is 5.58. The molecule has 2 rings (SSSR count). The summed E-state index contributed by atoms with van der Waals surface area (Å²) in [7, 11) is 0. The minimum absolute atomic E-state index is 0.00262. The van der Waals surface area contributed by atoms with Gasteiger partial charge in [-0.2, -0.15) is 0 Å². The van der Waals surface area contributed by atoms with Crippen LogP contribution >= 0.6 is 15.9 Å². The Kier molecular flexibility index (Phi) is 3.67. The van der Waals surface area contributed by atoms with Crippen LogP contribution in [-0.2, 0) is 6.54 Å². The highest BCUT2D eigenvalue weighted by Crippen LogP contribution is 2.31. The number of aliphatic hydroxyl groups excluding tert-OH is 1. The zero-order valence-corrected chi connectivity index (χ0v) is 11.2. The van der Waals surface area contributed by atoms with Crippen LogP contribution < -0.4 is 5.32 Å². The van der Waals surface area contributed by atoms with E-state index in [4.69, 9.17) is 0 Å². The van der Waals surface area contributed by atoms with Crippen LogP contribution in [0.2, 0.25) is 0 Å². The topological polar surface area (TPSA) is 32.3 Å². The second kappa shape index (κ2) is 4.86. The highest BCUT2D eigenvalue weighted by Gasteiger charge is 2.35. The van der Waals surface area contributed by atoms with E-state index in [9.17, 15) is 5.11 Å². The number of hydrogen-bond donors (Lipinski definition) is 2. The van der Waals surface area contributed by atoms with E-state index in [1.54, 1.807) is 0 Å².